The van der Waals surface area contributed by atoms with Crippen LogP contribution in [0.15, 0.2) is 35.0 Å². The van der Waals surface area contributed by atoms with Crippen LogP contribution in [0.1, 0.15) is 31.2 Å². The first-order valence-electron chi connectivity index (χ1n) is 10.5. The van der Waals surface area contributed by atoms with E-state index in [1.165, 1.54) is 12.1 Å². The van der Waals surface area contributed by atoms with Crippen LogP contribution in [0.4, 0.5) is 20.8 Å². The summed E-state index contributed by atoms with van der Waals surface area (Å²) in [5.74, 6) is 1.01. The van der Waals surface area contributed by atoms with Crippen LogP contribution in [0.2, 0.25) is 0 Å². The number of hydrogen-bond donors (Lipinski definition) is 3. The fourth-order valence-corrected chi connectivity index (χ4v) is 3.77. The minimum Gasteiger partial charge on any atom is -0.459 e. The summed E-state index contributed by atoms with van der Waals surface area (Å²) in [6.45, 7) is 9.35. The van der Waals surface area contributed by atoms with Gasteiger partial charge in [0.15, 0.2) is 0 Å². The van der Waals surface area contributed by atoms with Crippen LogP contribution in [-0.4, -0.2) is 42.2 Å². The van der Waals surface area contributed by atoms with E-state index in [1.807, 2.05) is 20.8 Å². The molecule has 1 aliphatic heterocycles. The van der Waals surface area contributed by atoms with Crippen molar-refractivity contribution >= 4 is 28.6 Å². The van der Waals surface area contributed by atoms with Crippen molar-refractivity contribution in [1.29, 1.82) is 0 Å². The van der Waals surface area contributed by atoms with Crippen molar-refractivity contribution in [3.63, 3.8) is 0 Å². The van der Waals surface area contributed by atoms with Gasteiger partial charge in [-0.3, -0.25) is 0 Å². The summed E-state index contributed by atoms with van der Waals surface area (Å²) in [6, 6.07) is 3.66. The third-order valence-corrected chi connectivity index (χ3v) is 5.47. The molecule has 3 aromatic rings. The van der Waals surface area contributed by atoms with Crippen LogP contribution in [-0.2, 0) is 0 Å². The first-order valence-corrected chi connectivity index (χ1v) is 10.5. The molecular formula is C22H27FN6O2. The number of urea groups is 1. The Labute approximate surface area is 180 Å². The lowest BCUT2D eigenvalue weighted by Crippen LogP contribution is -2.44. The second kappa shape index (κ2) is 8.89. The zero-order valence-corrected chi connectivity index (χ0v) is 17.9. The fourth-order valence-electron chi connectivity index (χ4n) is 3.77. The molecule has 2 aromatic heterocycles. The first kappa shape index (κ1) is 21.0. The molecule has 1 fully saturated rings. The number of anilines is 2. The van der Waals surface area contributed by atoms with Crippen molar-refractivity contribution in [3.8, 4) is 0 Å². The van der Waals surface area contributed by atoms with Crippen molar-refractivity contribution in [3.05, 3.63) is 47.7 Å². The zero-order chi connectivity index (χ0) is 22.0. The highest BCUT2D eigenvalue weighted by Gasteiger charge is 2.25. The molecule has 0 saturated carbocycles. The molecule has 164 valence electrons. The lowest BCUT2D eigenvalue weighted by molar-refractivity contribution is 0.241. The van der Waals surface area contributed by atoms with Crippen LogP contribution >= 0.6 is 0 Å². The van der Waals surface area contributed by atoms with Gasteiger partial charge in [-0.25, -0.2) is 19.2 Å². The molecule has 0 spiro atoms. The Morgan fingerprint density at radius 3 is 2.61 bits per heavy atom. The summed E-state index contributed by atoms with van der Waals surface area (Å²) in [7, 11) is 0. The maximum atomic E-state index is 13.6. The topological polar surface area (TPSA) is 95.3 Å². The van der Waals surface area contributed by atoms with E-state index in [9.17, 15) is 9.18 Å². The number of amides is 2. The van der Waals surface area contributed by atoms with Gasteiger partial charge in [0.25, 0.3) is 0 Å². The molecule has 3 heterocycles. The Balaban J connectivity index is 1.46. The molecule has 0 aliphatic carbocycles. The number of carbonyl (C=O) groups is 1. The van der Waals surface area contributed by atoms with E-state index in [4.69, 9.17) is 4.42 Å². The van der Waals surface area contributed by atoms with Gasteiger partial charge < -0.3 is 25.3 Å². The van der Waals surface area contributed by atoms with Crippen LogP contribution in [0.3, 0.4) is 0 Å². The number of fused-ring (bicyclic) bond motifs is 1. The Hall–Kier alpha value is -3.20. The van der Waals surface area contributed by atoms with Crippen LogP contribution in [0.5, 0.6) is 0 Å². The number of benzene rings is 1. The summed E-state index contributed by atoms with van der Waals surface area (Å²) >= 11 is 0. The largest absolute Gasteiger partial charge is 0.459 e. The second-order valence-corrected chi connectivity index (χ2v) is 8.06. The predicted molar refractivity (Wildman–Crippen MR) is 118 cm³/mol. The molecule has 3 N–H and O–H groups in total. The van der Waals surface area contributed by atoms with E-state index < -0.39 is 0 Å². The van der Waals surface area contributed by atoms with E-state index in [-0.39, 0.29) is 23.8 Å². The summed E-state index contributed by atoms with van der Waals surface area (Å²) in [5.41, 5.74) is 1.91. The predicted octanol–water partition coefficient (Wildman–Crippen LogP) is 3.60. The number of piperazine rings is 1. The smallest absolute Gasteiger partial charge is 0.319 e. The lowest BCUT2D eigenvalue weighted by Gasteiger charge is -2.27. The van der Waals surface area contributed by atoms with Crippen LogP contribution < -0.4 is 20.9 Å². The van der Waals surface area contributed by atoms with Gasteiger partial charge in [-0.1, -0.05) is 13.8 Å². The van der Waals surface area contributed by atoms with E-state index in [0.29, 0.717) is 28.4 Å². The maximum Gasteiger partial charge on any atom is 0.319 e. The van der Waals surface area contributed by atoms with Gasteiger partial charge in [0.05, 0.1) is 24.1 Å². The molecule has 9 heteroatoms. The Bertz CT molecular complexity index is 1060. The summed E-state index contributed by atoms with van der Waals surface area (Å²) < 4.78 is 19.6. The highest BCUT2D eigenvalue weighted by molar-refractivity contribution is 5.89. The number of furan rings is 1. The number of rotatable bonds is 5. The Morgan fingerprint density at radius 1 is 1.23 bits per heavy atom. The summed E-state index contributed by atoms with van der Waals surface area (Å²) in [5, 5.41) is 9.74. The third-order valence-electron chi connectivity index (χ3n) is 5.47. The van der Waals surface area contributed by atoms with Crippen LogP contribution in [0.25, 0.3) is 11.0 Å². The Kier molecular flexibility index (Phi) is 6.03. The van der Waals surface area contributed by atoms with E-state index in [2.05, 4.69) is 30.8 Å². The molecule has 2 amide bonds. The Morgan fingerprint density at radius 2 is 1.94 bits per heavy atom. The molecule has 8 nitrogen and oxygen atoms in total. The van der Waals surface area contributed by atoms with Crippen molar-refractivity contribution in [2.45, 2.75) is 26.8 Å². The number of halogens is 1. The van der Waals surface area contributed by atoms with Gasteiger partial charge in [0, 0.05) is 37.1 Å². The van der Waals surface area contributed by atoms with Crippen molar-refractivity contribution < 1.29 is 13.6 Å². The quantitative estimate of drug-likeness (QED) is 0.577. The number of hydrogen-bond acceptors (Lipinski definition) is 6. The normalized spacial score (nSPS) is 15.3. The monoisotopic (exact) mass is 426 g/mol. The summed E-state index contributed by atoms with van der Waals surface area (Å²) in [6.07, 6.45) is 3.20. The average molecular weight is 426 g/mol. The van der Waals surface area contributed by atoms with E-state index in [1.54, 1.807) is 18.5 Å². The number of carbonyl (C=O) groups excluding carboxylic acids is 1. The maximum absolute atomic E-state index is 13.6. The standard InChI is InChI=1S/C22H27FN6O2/c1-13(2)19(20-14(3)17-10-15(23)4-5-18(17)31-20)28-22(30)27-16-11-25-21(26-12-16)29-8-6-24-7-9-29/h4-5,10-13,19,24H,6-9H2,1-3H3,(H2,27,28,30)/t19-/m0/s1. The van der Waals surface area contributed by atoms with Gasteiger partial charge in [-0.2, -0.15) is 0 Å². The van der Waals surface area contributed by atoms with Gasteiger partial charge in [-0.05, 0) is 31.0 Å². The molecular weight excluding hydrogens is 399 g/mol. The highest BCUT2D eigenvalue weighted by atomic mass is 19.1. The molecule has 1 aromatic carbocycles. The summed E-state index contributed by atoms with van der Waals surface area (Å²) in [4.78, 5) is 23.5. The third kappa shape index (κ3) is 4.61. The van der Waals surface area contributed by atoms with E-state index >= 15 is 0 Å². The molecule has 1 aliphatic rings. The van der Waals surface area contributed by atoms with Crippen molar-refractivity contribution in [1.82, 2.24) is 20.6 Å². The van der Waals surface area contributed by atoms with Gasteiger partial charge in [-0.15, -0.1) is 0 Å². The minimum absolute atomic E-state index is 0.0567. The first-order chi connectivity index (χ1) is 14.9. The highest BCUT2D eigenvalue weighted by Crippen LogP contribution is 2.33. The molecule has 0 unspecified atom stereocenters. The minimum atomic E-state index is -0.386. The zero-order valence-electron chi connectivity index (χ0n) is 17.9. The molecule has 0 radical (unpaired) electrons. The number of nitrogens with one attached hydrogen (secondary N) is 3. The van der Waals surface area contributed by atoms with Crippen LogP contribution in [0, 0.1) is 18.7 Å². The number of nitrogens with zero attached hydrogens (tertiary/aromatic N) is 3. The lowest BCUT2D eigenvalue weighted by atomic mass is 9.98. The molecule has 31 heavy (non-hydrogen) atoms. The fraction of sp³-hybridized carbons (Fsp3) is 0.409. The molecule has 4 rings (SSSR count). The number of aromatic nitrogens is 2. The molecule has 1 atom stereocenters. The van der Waals surface area contributed by atoms with Gasteiger partial charge in [0.1, 0.15) is 17.2 Å². The SMILES string of the molecule is Cc1c([C@@H](NC(=O)Nc2cnc(N3CCNCC3)nc2)C(C)C)oc2ccc(F)cc12. The second-order valence-electron chi connectivity index (χ2n) is 8.06. The molecule has 0 bridgehead atoms. The average Bonchev–Trinajstić information content (AvgIpc) is 3.08. The van der Waals surface area contributed by atoms with Gasteiger partial charge in [0.2, 0.25) is 5.95 Å². The van der Waals surface area contributed by atoms with Crippen molar-refractivity contribution in [2.75, 3.05) is 36.4 Å². The van der Waals surface area contributed by atoms with Gasteiger partial charge >= 0.3 is 6.03 Å². The number of aryl methyl sites for hydroxylation is 1. The molecule has 1 saturated heterocycles. The van der Waals surface area contributed by atoms with Crippen molar-refractivity contribution in [2.24, 2.45) is 5.92 Å². The van der Waals surface area contributed by atoms with E-state index in [0.717, 1.165) is 31.7 Å².